The monoisotopic (exact) mass is 469 g/mol. The van der Waals surface area contributed by atoms with Crippen LogP contribution in [-0.4, -0.2) is 82.4 Å². The first-order valence-electron chi connectivity index (χ1n) is 9.60. The summed E-state index contributed by atoms with van der Waals surface area (Å²) in [5.74, 6) is -2.02. The minimum absolute atomic E-state index is 0.0129. The van der Waals surface area contributed by atoms with E-state index in [4.69, 9.17) is 49.7 Å². The molecule has 0 radical (unpaired) electrons. The molecule has 13 nitrogen and oxygen atoms in total. The highest BCUT2D eigenvalue weighted by molar-refractivity contribution is 7.98. The fourth-order valence-corrected chi connectivity index (χ4v) is 2.13. The van der Waals surface area contributed by atoms with Crippen LogP contribution in [0.4, 0.5) is 0 Å². The Kier molecular flexibility index (Phi) is 24.4. The summed E-state index contributed by atoms with van der Waals surface area (Å²) in [6.07, 6.45) is 5.60. The Morgan fingerprint density at radius 3 is 1.58 bits per heavy atom. The van der Waals surface area contributed by atoms with Crippen molar-refractivity contribution in [2.75, 3.05) is 25.1 Å². The van der Waals surface area contributed by atoms with Gasteiger partial charge in [-0.1, -0.05) is 6.42 Å². The Bertz CT molecular complexity index is 521. The average Bonchev–Trinajstić information content (AvgIpc) is 2.69. The van der Waals surface area contributed by atoms with Crippen molar-refractivity contribution in [2.45, 2.75) is 56.7 Å². The molecule has 15 N–H and O–H groups in total. The first-order chi connectivity index (χ1) is 14.4. The summed E-state index contributed by atoms with van der Waals surface area (Å²) in [7, 11) is 0. The van der Waals surface area contributed by atoms with Gasteiger partial charge in [0.15, 0.2) is 5.96 Å². The molecule has 0 fully saturated rings. The van der Waals surface area contributed by atoms with E-state index < -0.39 is 36.0 Å². The summed E-state index contributed by atoms with van der Waals surface area (Å²) in [6, 6.07) is -2.22. The molecule has 14 heteroatoms. The van der Waals surface area contributed by atoms with Crippen LogP contribution in [0, 0.1) is 0 Å². The van der Waals surface area contributed by atoms with E-state index in [0.29, 0.717) is 38.8 Å². The first kappa shape index (κ1) is 33.5. The van der Waals surface area contributed by atoms with Crippen LogP contribution in [0.1, 0.15) is 38.5 Å². The van der Waals surface area contributed by atoms with Gasteiger partial charge in [-0.2, -0.15) is 11.8 Å². The van der Waals surface area contributed by atoms with Gasteiger partial charge in [0.25, 0.3) is 0 Å². The molecule has 0 aromatic heterocycles. The molecule has 0 spiro atoms. The molecule has 184 valence electrons. The van der Waals surface area contributed by atoms with Gasteiger partial charge < -0.3 is 49.7 Å². The summed E-state index contributed by atoms with van der Waals surface area (Å²) in [4.78, 5) is 34.1. The lowest BCUT2D eigenvalue weighted by atomic mass is 10.1. The van der Waals surface area contributed by atoms with E-state index in [9.17, 15) is 14.4 Å². The van der Waals surface area contributed by atoms with Crippen molar-refractivity contribution in [1.82, 2.24) is 0 Å². The third kappa shape index (κ3) is 27.9. The van der Waals surface area contributed by atoms with E-state index >= 15 is 0 Å². The van der Waals surface area contributed by atoms with Crippen LogP contribution in [0.2, 0.25) is 0 Å². The summed E-state index contributed by atoms with van der Waals surface area (Å²) < 4.78 is 0. The lowest BCUT2D eigenvalue weighted by molar-refractivity contribution is -0.139. The van der Waals surface area contributed by atoms with Gasteiger partial charge in [0.2, 0.25) is 0 Å². The van der Waals surface area contributed by atoms with Gasteiger partial charge in [0.05, 0.1) is 0 Å². The molecule has 0 saturated carbocycles. The summed E-state index contributed by atoms with van der Waals surface area (Å²) in [5, 5.41) is 25.0. The summed E-state index contributed by atoms with van der Waals surface area (Å²) >= 11 is 1.60. The molecule has 0 rings (SSSR count). The van der Waals surface area contributed by atoms with Crippen molar-refractivity contribution >= 4 is 35.6 Å². The molecule has 3 atom stereocenters. The van der Waals surface area contributed by atoms with Gasteiger partial charge in [-0.15, -0.1) is 0 Å². The Morgan fingerprint density at radius 2 is 1.23 bits per heavy atom. The van der Waals surface area contributed by atoms with E-state index in [1.165, 1.54) is 0 Å². The van der Waals surface area contributed by atoms with Crippen LogP contribution >= 0.6 is 11.8 Å². The summed E-state index contributed by atoms with van der Waals surface area (Å²) in [5.41, 5.74) is 30.9. The number of hydrogen-bond donors (Lipinski definition) is 9. The lowest BCUT2D eigenvalue weighted by Gasteiger charge is -2.03. The second-order valence-electron chi connectivity index (χ2n) is 6.35. The van der Waals surface area contributed by atoms with Crippen LogP contribution in [0.15, 0.2) is 4.99 Å². The zero-order chi connectivity index (χ0) is 24.8. The van der Waals surface area contributed by atoms with Crippen molar-refractivity contribution in [1.29, 1.82) is 0 Å². The number of unbranched alkanes of at least 4 members (excludes halogenated alkanes) is 1. The van der Waals surface area contributed by atoms with Crippen molar-refractivity contribution < 1.29 is 29.7 Å². The molecule has 0 amide bonds. The van der Waals surface area contributed by atoms with Crippen molar-refractivity contribution in [3.05, 3.63) is 0 Å². The summed E-state index contributed by atoms with van der Waals surface area (Å²) in [6.45, 7) is 1.02. The van der Waals surface area contributed by atoms with Crippen LogP contribution in [0.5, 0.6) is 0 Å². The second kappa shape index (κ2) is 22.6. The molecular weight excluding hydrogens is 430 g/mol. The number of thioether (sulfide) groups is 1. The number of nitrogens with two attached hydrogens (primary N) is 6. The Balaban J connectivity index is -0.000000384. The Labute approximate surface area is 187 Å². The third-order valence-electron chi connectivity index (χ3n) is 3.52. The van der Waals surface area contributed by atoms with Crippen LogP contribution in [0.25, 0.3) is 0 Å². The van der Waals surface area contributed by atoms with E-state index in [-0.39, 0.29) is 5.96 Å². The van der Waals surface area contributed by atoms with Gasteiger partial charge >= 0.3 is 17.9 Å². The molecule has 3 unspecified atom stereocenters. The number of rotatable bonds is 14. The van der Waals surface area contributed by atoms with E-state index in [1.807, 2.05) is 6.26 Å². The molecule has 0 bridgehead atoms. The highest BCUT2D eigenvalue weighted by atomic mass is 32.2. The maximum absolute atomic E-state index is 10.2. The number of aliphatic imine (C=N–C) groups is 1. The predicted molar refractivity (Wildman–Crippen MR) is 123 cm³/mol. The second-order valence-corrected chi connectivity index (χ2v) is 7.33. The quantitative estimate of drug-likeness (QED) is 0.0766. The molecule has 0 aliphatic rings. The number of aliphatic carboxylic acids is 3. The maximum Gasteiger partial charge on any atom is 0.320 e. The SMILES string of the molecule is CSCCC(N)C(=O)O.NC(N)=NCCCC(N)C(=O)O.NCCCCC(N)C(=O)O. The number of carboxylic acids is 3. The Morgan fingerprint density at radius 1 is 0.806 bits per heavy atom. The molecule has 0 saturated heterocycles. The zero-order valence-corrected chi connectivity index (χ0v) is 18.8. The van der Waals surface area contributed by atoms with Crippen LogP contribution < -0.4 is 34.4 Å². The first-order valence-corrected chi connectivity index (χ1v) is 11.0. The van der Waals surface area contributed by atoms with Crippen LogP contribution in [0.3, 0.4) is 0 Å². The van der Waals surface area contributed by atoms with Gasteiger partial charge in [0.1, 0.15) is 18.1 Å². The van der Waals surface area contributed by atoms with Gasteiger partial charge in [-0.3, -0.25) is 19.4 Å². The standard InChI is InChI=1S/C6H14N4O2.C6H14N2O2.C5H11NO2S/c7-4(5(11)12)2-1-3-10-6(8)9;7-4-2-1-3-5(8)6(9)10;1-9-3-2-4(6)5(7)8/h4H,1-3,7H2,(H,11,12)(H4,8,9,10);5H,1-4,7-8H2,(H,9,10);4H,2-3,6H2,1H3,(H,7,8). The van der Waals surface area contributed by atoms with Crippen LogP contribution in [-0.2, 0) is 14.4 Å². The Hall–Kier alpha value is -2.13. The van der Waals surface area contributed by atoms with Gasteiger partial charge in [-0.05, 0) is 50.7 Å². The number of carbonyl (C=O) groups is 3. The third-order valence-corrected chi connectivity index (χ3v) is 4.17. The number of carboxylic acid groups (broad SMARTS) is 3. The van der Waals surface area contributed by atoms with Gasteiger partial charge in [-0.25, -0.2) is 0 Å². The molecule has 31 heavy (non-hydrogen) atoms. The number of hydrogen-bond acceptors (Lipinski definition) is 9. The molecular formula is C17H39N7O6S. The smallest absolute Gasteiger partial charge is 0.320 e. The zero-order valence-electron chi connectivity index (χ0n) is 18.0. The topological polar surface area (TPSA) is 280 Å². The molecule has 0 aliphatic carbocycles. The number of guanidine groups is 1. The van der Waals surface area contributed by atoms with E-state index in [2.05, 4.69) is 4.99 Å². The predicted octanol–water partition coefficient (Wildman–Crippen LogP) is -1.87. The van der Waals surface area contributed by atoms with E-state index in [0.717, 1.165) is 18.6 Å². The highest BCUT2D eigenvalue weighted by Crippen LogP contribution is 1.98. The lowest BCUT2D eigenvalue weighted by Crippen LogP contribution is -2.30. The minimum Gasteiger partial charge on any atom is -0.480 e. The normalized spacial score (nSPS) is 12.7. The number of nitrogens with zero attached hydrogens (tertiary/aromatic N) is 1. The fourth-order valence-electron chi connectivity index (χ4n) is 1.64. The highest BCUT2D eigenvalue weighted by Gasteiger charge is 2.10. The molecule has 0 heterocycles. The molecule has 0 aromatic carbocycles. The molecule has 0 aliphatic heterocycles. The fraction of sp³-hybridized carbons (Fsp3) is 0.765. The van der Waals surface area contributed by atoms with Gasteiger partial charge in [0, 0.05) is 6.54 Å². The maximum atomic E-state index is 10.2. The van der Waals surface area contributed by atoms with Crippen molar-refractivity contribution in [3.63, 3.8) is 0 Å². The largest absolute Gasteiger partial charge is 0.480 e. The van der Waals surface area contributed by atoms with Crippen molar-refractivity contribution in [2.24, 2.45) is 39.4 Å². The van der Waals surface area contributed by atoms with Crippen molar-refractivity contribution in [3.8, 4) is 0 Å². The van der Waals surface area contributed by atoms with E-state index in [1.54, 1.807) is 11.8 Å². The molecule has 0 aromatic rings. The average molecular weight is 470 g/mol. The minimum atomic E-state index is -1.00.